The predicted molar refractivity (Wildman–Crippen MR) is 110 cm³/mol. The van der Waals surface area contributed by atoms with Crippen molar-refractivity contribution in [2.75, 3.05) is 19.0 Å². The number of halogens is 1. The van der Waals surface area contributed by atoms with Crippen molar-refractivity contribution in [2.24, 2.45) is 0 Å². The molecule has 3 heterocycles. The summed E-state index contributed by atoms with van der Waals surface area (Å²) in [5.41, 5.74) is 4.14. The molecule has 0 radical (unpaired) electrons. The summed E-state index contributed by atoms with van der Waals surface area (Å²) in [5.74, 6) is 1.62. The number of aromatic amines is 1. The summed E-state index contributed by atoms with van der Waals surface area (Å²) in [4.78, 5) is 11.9. The molecule has 4 aromatic rings. The van der Waals surface area contributed by atoms with Gasteiger partial charge in [-0.3, -0.25) is 0 Å². The molecule has 1 aromatic carbocycles. The molecule has 0 aliphatic rings. The molecule has 0 spiro atoms. The molecule has 0 fully saturated rings. The Balaban J connectivity index is 1.50. The maximum atomic E-state index is 6.26. The number of aromatic nitrogens is 3. The van der Waals surface area contributed by atoms with Crippen LogP contribution in [0.3, 0.4) is 0 Å². The number of H-pyrrole nitrogens is 1. The first kappa shape index (κ1) is 17.4. The van der Waals surface area contributed by atoms with Crippen LogP contribution in [0.15, 0.2) is 60.9 Å². The number of benzene rings is 1. The van der Waals surface area contributed by atoms with Gasteiger partial charge in [0.15, 0.2) is 0 Å². The zero-order valence-electron chi connectivity index (χ0n) is 14.9. The molecule has 0 bridgehead atoms. The van der Waals surface area contributed by atoms with Crippen molar-refractivity contribution in [3.8, 4) is 16.9 Å². The minimum Gasteiger partial charge on any atom is -0.497 e. The third kappa shape index (κ3) is 3.88. The van der Waals surface area contributed by atoms with E-state index in [4.69, 9.17) is 16.3 Å². The fourth-order valence-electron chi connectivity index (χ4n) is 3.06. The van der Waals surface area contributed by atoms with Crippen LogP contribution in [0.5, 0.6) is 5.75 Å². The van der Waals surface area contributed by atoms with Gasteiger partial charge in [0.05, 0.1) is 7.11 Å². The number of ether oxygens (including phenoxy) is 1. The highest BCUT2D eigenvalue weighted by Crippen LogP contribution is 2.30. The van der Waals surface area contributed by atoms with E-state index in [-0.39, 0.29) is 0 Å². The molecule has 0 atom stereocenters. The molecular weight excluding hydrogens is 360 g/mol. The zero-order chi connectivity index (χ0) is 18.6. The van der Waals surface area contributed by atoms with E-state index in [2.05, 4.69) is 32.4 Å². The van der Waals surface area contributed by atoms with Crippen LogP contribution in [0.4, 0.5) is 5.82 Å². The highest BCUT2D eigenvalue weighted by molar-refractivity contribution is 6.29. The zero-order valence-corrected chi connectivity index (χ0v) is 15.6. The average Bonchev–Trinajstić information content (AvgIpc) is 3.12. The lowest BCUT2D eigenvalue weighted by atomic mass is 10.1. The third-order valence-corrected chi connectivity index (χ3v) is 4.63. The summed E-state index contributed by atoms with van der Waals surface area (Å²) >= 11 is 6.26. The van der Waals surface area contributed by atoms with Crippen molar-refractivity contribution >= 4 is 28.5 Å². The van der Waals surface area contributed by atoms with E-state index in [0.717, 1.165) is 46.7 Å². The van der Waals surface area contributed by atoms with E-state index >= 15 is 0 Å². The van der Waals surface area contributed by atoms with Gasteiger partial charge in [0.2, 0.25) is 0 Å². The lowest BCUT2D eigenvalue weighted by Gasteiger charge is -2.09. The van der Waals surface area contributed by atoms with E-state index < -0.39 is 0 Å². The number of hydrogen-bond donors (Lipinski definition) is 2. The van der Waals surface area contributed by atoms with E-state index in [1.54, 1.807) is 13.3 Å². The van der Waals surface area contributed by atoms with Gasteiger partial charge < -0.3 is 15.0 Å². The number of nitrogens with zero attached hydrogens (tertiary/aromatic N) is 2. The molecule has 6 heteroatoms. The maximum absolute atomic E-state index is 6.26. The van der Waals surface area contributed by atoms with E-state index in [1.165, 1.54) is 5.56 Å². The Morgan fingerprint density at radius 2 is 2.00 bits per heavy atom. The third-order valence-electron chi connectivity index (χ3n) is 4.44. The van der Waals surface area contributed by atoms with Crippen molar-refractivity contribution in [3.05, 3.63) is 71.6 Å². The number of pyridine rings is 2. The van der Waals surface area contributed by atoms with Gasteiger partial charge in [-0.15, -0.1) is 0 Å². The van der Waals surface area contributed by atoms with Crippen LogP contribution in [0.2, 0.25) is 5.15 Å². The number of anilines is 1. The van der Waals surface area contributed by atoms with E-state index in [9.17, 15) is 0 Å². The Morgan fingerprint density at radius 1 is 1.15 bits per heavy atom. The summed E-state index contributed by atoms with van der Waals surface area (Å²) < 4.78 is 5.19. The smallest absolute Gasteiger partial charge is 0.137 e. The Labute approximate surface area is 162 Å². The van der Waals surface area contributed by atoms with Gasteiger partial charge in [-0.1, -0.05) is 23.7 Å². The van der Waals surface area contributed by atoms with Crippen LogP contribution in [-0.4, -0.2) is 28.6 Å². The fourth-order valence-corrected chi connectivity index (χ4v) is 3.27. The van der Waals surface area contributed by atoms with Gasteiger partial charge in [-0.05, 0) is 53.9 Å². The molecule has 0 saturated carbocycles. The first-order valence-electron chi connectivity index (χ1n) is 8.70. The first-order chi connectivity index (χ1) is 13.2. The minimum atomic E-state index is 0.456. The molecule has 4 rings (SSSR count). The lowest BCUT2D eigenvalue weighted by molar-refractivity contribution is 0.414. The number of rotatable bonds is 6. The Morgan fingerprint density at radius 3 is 2.81 bits per heavy atom. The highest BCUT2D eigenvalue weighted by atomic mass is 35.5. The molecule has 0 aliphatic carbocycles. The molecular formula is C21H19ClN4O. The Bertz CT molecular complexity index is 1060. The lowest BCUT2D eigenvalue weighted by Crippen LogP contribution is -2.06. The van der Waals surface area contributed by atoms with Crippen LogP contribution in [-0.2, 0) is 6.42 Å². The van der Waals surface area contributed by atoms with Crippen molar-refractivity contribution < 1.29 is 4.74 Å². The monoisotopic (exact) mass is 378 g/mol. The molecule has 0 unspecified atom stereocenters. The minimum absolute atomic E-state index is 0.456. The molecule has 27 heavy (non-hydrogen) atoms. The van der Waals surface area contributed by atoms with Crippen molar-refractivity contribution in [1.82, 2.24) is 15.0 Å². The summed E-state index contributed by atoms with van der Waals surface area (Å²) in [6.45, 7) is 0.758. The number of fused-ring (bicyclic) bond motifs is 1. The van der Waals surface area contributed by atoms with Crippen molar-refractivity contribution in [1.29, 1.82) is 0 Å². The quantitative estimate of drug-likeness (QED) is 0.466. The summed E-state index contributed by atoms with van der Waals surface area (Å²) in [6, 6.07) is 15.9. The van der Waals surface area contributed by atoms with E-state index in [1.807, 2.05) is 42.6 Å². The van der Waals surface area contributed by atoms with Crippen LogP contribution in [0.1, 0.15) is 5.56 Å². The summed E-state index contributed by atoms with van der Waals surface area (Å²) in [6.07, 6.45) is 4.60. The molecule has 136 valence electrons. The van der Waals surface area contributed by atoms with Crippen molar-refractivity contribution in [3.63, 3.8) is 0 Å². The maximum Gasteiger partial charge on any atom is 0.137 e. The number of nitrogens with one attached hydrogen (secondary N) is 2. The second-order valence-corrected chi connectivity index (χ2v) is 6.58. The Hall–Kier alpha value is -3.05. The molecule has 5 nitrogen and oxygen atoms in total. The molecule has 3 aromatic heterocycles. The molecule has 2 N–H and O–H groups in total. The summed E-state index contributed by atoms with van der Waals surface area (Å²) in [7, 11) is 1.67. The fraction of sp³-hybridized carbons (Fsp3) is 0.143. The van der Waals surface area contributed by atoms with Crippen LogP contribution in [0.25, 0.3) is 22.2 Å². The Kier molecular flexibility index (Phi) is 4.94. The van der Waals surface area contributed by atoms with Gasteiger partial charge in [0.1, 0.15) is 22.4 Å². The topological polar surface area (TPSA) is 62.8 Å². The first-order valence-corrected chi connectivity index (χ1v) is 9.07. The van der Waals surface area contributed by atoms with Gasteiger partial charge in [0, 0.05) is 29.9 Å². The van der Waals surface area contributed by atoms with Gasteiger partial charge in [0.25, 0.3) is 0 Å². The van der Waals surface area contributed by atoms with Gasteiger partial charge in [-0.25, -0.2) is 9.97 Å². The number of hydrogen-bond acceptors (Lipinski definition) is 4. The molecule has 0 aliphatic heterocycles. The second-order valence-electron chi connectivity index (χ2n) is 6.19. The standard InChI is InChI=1S/C21H19ClN4O/c1-27-16-6-4-14(5-7-16)8-10-23-20-12-15(11-19(22)26-20)18-13-25-21-17(18)3-2-9-24-21/h2-7,9,11-13H,8,10H2,1H3,(H,23,26)(H,24,25). The molecule has 0 saturated heterocycles. The largest absolute Gasteiger partial charge is 0.497 e. The SMILES string of the molecule is COc1ccc(CCNc2cc(-c3c[nH]c4ncccc34)cc(Cl)n2)cc1. The average molecular weight is 379 g/mol. The van der Waals surface area contributed by atoms with Crippen molar-refractivity contribution in [2.45, 2.75) is 6.42 Å². The van der Waals surface area contributed by atoms with Crippen LogP contribution < -0.4 is 10.1 Å². The second kappa shape index (κ2) is 7.68. The van der Waals surface area contributed by atoms with Crippen LogP contribution >= 0.6 is 11.6 Å². The highest BCUT2D eigenvalue weighted by Gasteiger charge is 2.09. The van der Waals surface area contributed by atoms with Gasteiger partial charge >= 0.3 is 0 Å². The van der Waals surface area contributed by atoms with Crippen LogP contribution in [0, 0.1) is 0 Å². The summed E-state index contributed by atoms with van der Waals surface area (Å²) in [5, 5.41) is 4.88. The van der Waals surface area contributed by atoms with Gasteiger partial charge in [-0.2, -0.15) is 0 Å². The normalized spacial score (nSPS) is 10.9. The van der Waals surface area contributed by atoms with E-state index in [0.29, 0.717) is 5.15 Å². The number of methoxy groups -OCH3 is 1. The molecule has 0 amide bonds. The predicted octanol–water partition coefficient (Wildman–Crippen LogP) is 4.94.